The molecule has 10 heteroatoms. The molecule has 0 spiro atoms. The van der Waals surface area contributed by atoms with Crippen LogP contribution in [0.5, 0.6) is 0 Å². The highest BCUT2D eigenvalue weighted by Crippen LogP contribution is 2.34. The number of halogens is 4. The fourth-order valence-electron chi connectivity index (χ4n) is 3.19. The summed E-state index contributed by atoms with van der Waals surface area (Å²) in [5.74, 6) is -1.53. The lowest BCUT2D eigenvalue weighted by Gasteiger charge is -2.19. The van der Waals surface area contributed by atoms with Crippen molar-refractivity contribution in [2.24, 2.45) is 13.0 Å². The molecule has 1 saturated heterocycles. The van der Waals surface area contributed by atoms with E-state index in [9.17, 15) is 18.0 Å². The molecule has 0 aliphatic carbocycles. The third-order valence-corrected chi connectivity index (χ3v) is 5.63. The monoisotopic (exact) mass is 434 g/mol. The van der Waals surface area contributed by atoms with Crippen LogP contribution < -0.4 is 10.6 Å². The molecule has 2 atom stereocenters. The number of anilines is 1. The van der Waals surface area contributed by atoms with Crippen LogP contribution >= 0.6 is 24.2 Å². The van der Waals surface area contributed by atoms with Crippen LogP contribution in [-0.2, 0) is 11.8 Å². The molecule has 1 aromatic heterocycles. The first-order chi connectivity index (χ1) is 12.7. The molecule has 1 aliphatic heterocycles. The van der Waals surface area contributed by atoms with E-state index in [2.05, 4.69) is 15.7 Å². The lowest BCUT2D eigenvalue weighted by Crippen LogP contribution is -2.28. The SMILES string of the molecule is Cc1ccc(SCC(F)(F)F)c(NC(=O)[C@H]2CNC[C@@H]2c2cnn(C)c2)c1.Cl. The van der Waals surface area contributed by atoms with Crippen LogP contribution in [0.2, 0.25) is 0 Å². The number of aromatic nitrogens is 2. The Hall–Kier alpha value is -1.71. The number of amides is 1. The lowest BCUT2D eigenvalue weighted by molar-refractivity contribution is -0.119. The Kier molecular flexibility index (Phi) is 7.41. The van der Waals surface area contributed by atoms with E-state index in [0.29, 0.717) is 35.4 Å². The molecule has 0 saturated carbocycles. The summed E-state index contributed by atoms with van der Waals surface area (Å²) in [4.78, 5) is 13.3. The summed E-state index contributed by atoms with van der Waals surface area (Å²) in [7, 11) is 1.82. The van der Waals surface area contributed by atoms with Crippen molar-refractivity contribution in [2.75, 3.05) is 24.2 Å². The van der Waals surface area contributed by atoms with E-state index >= 15 is 0 Å². The Morgan fingerprint density at radius 2 is 2.14 bits per heavy atom. The average Bonchev–Trinajstić information content (AvgIpc) is 3.21. The van der Waals surface area contributed by atoms with Crippen molar-refractivity contribution < 1.29 is 18.0 Å². The molecule has 0 bridgehead atoms. The minimum atomic E-state index is -4.27. The second-order valence-corrected chi connectivity index (χ2v) is 7.73. The Morgan fingerprint density at radius 1 is 1.39 bits per heavy atom. The zero-order valence-corrected chi connectivity index (χ0v) is 17.0. The Labute approximate surface area is 171 Å². The zero-order valence-electron chi connectivity index (χ0n) is 15.4. The molecule has 0 radical (unpaired) electrons. The van der Waals surface area contributed by atoms with Crippen molar-refractivity contribution in [3.63, 3.8) is 0 Å². The number of thioether (sulfide) groups is 1. The van der Waals surface area contributed by atoms with E-state index in [1.165, 1.54) is 0 Å². The standard InChI is InChI=1S/C18H21F3N4OS.ClH/c1-11-3-4-16(27-10-18(19,20)21)15(5-11)24-17(26)14-8-22-7-13(14)12-6-23-25(2)9-12;/h3-6,9,13-14,22H,7-8,10H2,1-2H3,(H,24,26);1H/t13-,14+;/m1./s1. The van der Waals surface area contributed by atoms with E-state index in [1.54, 1.807) is 29.1 Å². The van der Waals surface area contributed by atoms with Crippen LogP contribution in [-0.4, -0.2) is 40.7 Å². The number of hydrogen-bond donors (Lipinski definition) is 2. The molecular formula is C18H22ClF3N4OS. The highest BCUT2D eigenvalue weighted by atomic mass is 35.5. The normalized spacial score (nSPS) is 19.3. The summed E-state index contributed by atoms with van der Waals surface area (Å²) in [5.41, 5.74) is 2.26. The first kappa shape index (κ1) is 22.6. The molecule has 1 fully saturated rings. The summed E-state index contributed by atoms with van der Waals surface area (Å²) in [5, 5.41) is 10.2. The van der Waals surface area contributed by atoms with Gasteiger partial charge in [-0.1, -0.05) is 6.07 Å². The highest BCUT2D eigenvalue weighted by Gasteiger charge is 2.35. The topological polar surface area (TPSA) is 59.0 Å². The van der Waals surface area contributed by atoms with E-state index in [4.69, 9.17) is 0 Å². The molecule has 5 nitrogen and oxygen atoms in total. The number of carbonyl (C=O) groups is 1. The zero-order chi connectivity index (χ0) is 19.6. The van der Waals surface area contributed by atoms with Gasteiger partial charge in [-0.2, -0.15) is 18.3 Å². The fraction of sp³-hybridized carbons (Fsp3) is 0.444. The second-order valence-electron chi connectivity index (χ2n) is 6.71. The number of aryl methyl sites for hydroxylation is 2. The van der Waals surface area contributed by atoms with Gasteiger partial charge in [0.15, 0.2) is 0 Å². The van der Waals surface area contributed by atoms with E-state index in [0.717, 1.165) is 11.1 Å². The van der Waals surface area contributed by atoms with Crippen molar-refractivity contribution in [1.82, 2.24) is 15.1 Å². The molecule has 28 heavy (non-hydrogen) atoms. The fourth-order valence-corrected chi connectivity index (χ4v) is 3.94. The Morgan fingerprint density at radius 3 is 2.79 bits per heavy atom. The van der Waals surface area contributed by atoms with Gasteiger partial charge in [0.05, 0.1) is 23.6 Å². The van der Waals surface area contributed by atoms with Crippen LogP contribution in [0.3, 0.4) is 0 Å². The van der Waals surface area contributed by atoms with Crippen molar-refractivity contribution in [3.8, 4) is 0 Å². The van der Waals surface area contributed by atoms with Crippen molar-refractivity contribution >= 4 is 35.8 Å². The molecule has 1 aliphatic rings. The number of benzene rings is 1. The molecule has 1 amide bonds. The van der Waals surface area contributed by atoms with E-state index in [1.807, 2.05) is 20.2 Å². The van der Waals surface area contributed by atoms with Gasteiger partial charge in [0.1, 0.15) is 0 Å². The van der Waals surface area contributed by atoms with E-state index < -0.39 is 11.9 Å². The minimum Gasteiger partial charge on any atom is -0.325 e. The molecule has 154 valence electrons. The number of alkyl halides is 3. The third kappa shape index (κ3) is 5.65. The van der Waals surface area contributed by atoms with Crippen LogP contribution in [0.1, 0.15) is 17.0 Å². The van der Waals surface area contributed by atoms with Crippen LogP contribution in [0.15, 0.2) is 35.5 Å². The molecule has 3 rings (SSSR count). The quantitative estimate of drug-likeness (QED) is 0.704. The number of hydrogen-bond acceptors (Lipinski definition) is 4. The van der Waals surface area contributed by atoms with Crippen molar-refractivity contribution in [2.45, 2.75) is 23.9 Å². The summed E-state index contributed by atoms with van der Waals surface area (Å²) in [6.45, 7) is 3.01. The number of nitrogens with zero attached hydrogens (tertiary/aromatic N) is 2. The maximum absolute atomic E-state index is 12.9. The first-order valence-corrected chi connectivity index (χ1v) is 9.52. The van der Waals surface area contributed by atoms with Gasteiger partial charge in [-0.15, -0.1) is 24.2 Å². The van der Waals surface area contributed by atoms with Gasteiger partial charge in [-0.05, 0) is 30.2 Å². The molecule has 1 aromatic carbocycles. The molecule has 2 aromatic rings. The Bertz CT molecular complexity index is 827. The molecule has 0 unspecified atom stereocenters. The maximum atomic E-state index is 12.9. The number of carbonyl (C=O) groups excluding carboxylic acids is 1. The van der Waals surface area contributed by atoms with Gasteiger partial charge in [-0.3, -0.25) is 9.48 Å². The van der Waals surface area contributed by atoms with Crippen LogP contribution in [0.25, 0.3) is 0 Å². The van der Waals surface area contributed by atoms with Crippen molar-refractivity contribution in [3.05, 3.63) is 41.7 Å². The predicted octanol–water partition coefficient (Wildman–Crippen LogP) is 3.75. The second kappa shape index (κ2) is 9.19. The number of nitrogens with one attached hydrogen (secondary N) is 2. The third-order valence-electron chi connectivity index (χ3n) is 4.49. The summed E-state index contributed by atoms with van der Waals surface area (Å²) in [6.07, 6.45) is -0.637. The van der Waals surface area contributed by atoms with Crippen molar-refractivity contribution in [1.29, 1.82) is 0 Å². The summed E-state index contributed by atoms with van der Waals surface area (Å²) in [6, 6.07) is 5.06. The highest BCUT2D eigenvalue weighted by molar-refractivity contribution is 7.99. The lowest BCUT2D eigenvalue weighted by atomic mass is 9.90. The Balaban J connectivity index is 0.00000280. The smallest absolute Gasteiger partial charge is 0.325 e. The molecule has 2 heterocycles. The summed E-state index contributed by atoms with van der Waals surface area (Å²) >= 11 is 0.679. The maximum Gasteiger partial charge on any atom is 0.398 e. The van der Waals surface area contributed by atoms with Gasteiger partial charge in [0, 0.05) is 37.1 Å². The first-order valence-electron chi connectivity index (χ1n) is 8.53. The van der Waals surface area contributed by atoms with Gasteiger partial charge >= 0.3 is 6.18 Å². The molecule has 2 N–H and O–H groups in total. The number of rotatable bonds is 5. The van der Waals surface area contributed by atoms with Gasteiger partial charge in [0.25, 0.3) is 0 Å². The van der Waals surface area contributed by atoms with Crippen LogP contribution in [0, 0.1) is 12.8 Å². The summed E-state index contributed by atoms with van der Waals surface area (Å²) < 4.78 is 39.4. The largest absolute Gasteiger partial charge is 0.398 e. The van der Waals surface area contributed by atoms with Gasteiger partial charge in [0.2, 0.25) is 5.91 Å². The predicted molar refractivity (Wildman–Crippen MR) is 106 cm³/mol. The average molecular weight is 435 g/mol. The van der Waals surface area contributed by atoms with Gasteiger partial charge < -0.3 is 10.6 Å². The molecular weight excluding hydrogens is 413 g/mol. The minimum absolute atomic E-state index is 0. The van der Waals surface area contributed by atoms with Crippen LogP contribution in [0.4, 0.5) is 18.9 Å². The van der Waals surface area contributed by atoms with Gasteiger partial charge in [-0.25, -0.2) is 0 Å². The van der Waals surface area contributed by atoms with E-state index in [-0.39, 0.29) is 30.2 Å².